The van der Waals surface area contributed by atoms with Gasteiger partial charge in [-0.25, -0.2) is 0 Å². The Balaban J connectivity index is 0.000000354. The van der Waals surface area contributed by atoms with Gasteiger partial charge in [0.1, 0.15) is 0 Å². The Morgan fingerprint density at radius 2 is 1.67 bits per heavy atom. The van der Waals surface area contributed by atoms with E-state index in [9.17, 15) is 0 Å². The lowest BCUT2D eigenvalue weighted by Crippen LogP contribution is -1.91. The molecule has 0 amide bonds. The fourth-order valence-electron chi connectivity index (χ4n) is 0.511. The van der Waals surface area contributed by atoms with Crippen molar-refractivity contribution in [1.29, 1.82) is 0 Å². The fourth-order valence-corrected chi connectivity index (χ4v) is 2.02. The second-order valence-corrected chi connectivity index (χ2v) is 4.07. The number of hydrogen-bond acceptors (Lipinski definition) is 2. The quantitative estimate of drug-likeness (QED) is 0.405. The summed E-state index contributed by atoms with van der Waals surface area (Å²) in [6, 6.07) is 6.00. The average molecular weight is 391 g/mol. The highest BCUT2D eigenvalue weighted by atomic mass is 127. The van der Waals surface area contributed by atoms with Crippen molar-refractivity contribution < 1.29 is 9.90 Å². The van der Waals surface area contributed by atoms with Gasteiger partial charge in [-0.3, -0.25) is 4.79 Å². The minimum atomic E-state index is -0.250. The number of benzene rings is 1. The largest absolute Gasteiger partial charge is 0.483 e. The first-order valence-corrected chi connectivity index (χ1v) is 5.06. The van der Waals surface area contributed by atoms with E-state index < -0.39 is 0 Å². The van der Waals surface area contributed by atoms with Crippen molar-refractivity contribution >= 4 is 57.3 Å². The number of hydrogen-bond donors (Lipinski definition) is 2. The Kier molecular flexibility index (Phi) is 6.44. The van der Waals surface area contributed by atoms with Gasteiger partial charge < -0.3 is 10.8 Å². The number of carboxylic acid groups (broad SMARTS) is 1. The van der Waals surface area contributed by atoms with Crippen molar-refractivity contribution in [1.82, 2.24) is 0 Å². The highest BCUT2D eigenvalue weighted by molar-refractivity contribution is 14.1. The second kappa shape index (κ2) is 6.46. The molecule has 0 spiro atoms. The number of nitrogen functional groups attached to an aromatic ring is 1. The van der Waals surface area contributed by atoms with Gasteiger partial charge in [-0.05, 0) is 57.3 Å². The third-order valence-corrected chi connectivity index (χ3v) is 2.88. The zero-order valence-electron chi connectivity index (χ0n) is 6.00. The number of anilines is 1. The lowest BCUT2D eigenvalue weighted by molar-refractivity contribution is -0.122. The molecule has 0 aromatic heterocycles. The summed E-state index contributed by atoms with van der Waals surface area (Å²) in [5.74, 6) is 0. The van der Waals surface area contributed by atoms with Crippen LogP contribution in [0.1, 0.15) is 0 Å². The van der Waals surface area contributed by atoms with Crippen LogP contribution >= 0.6 is 45.2 Å². The smallest absolute Gasteiger partial charge is 0.290 e. The van der Waals surface area contributed by atoms with Crippen molar-refractivity contribution in [3.05, 3.63) is 25.3 Å². The van der Waals surface area contributed by atoms with E-state index >= 15 is 0 Å². The molecule has 0 heterocycles. The predicted octanol–water partition coefficient (Wildman–Crippen LogP) is 2.18. The number of halogens is 2. The molecule has 3 N–H and O–H groups in total. The Labute approximate surface area is 97.6 Å². The molecule has 0 saturated heterocycles. The van der Waals surface area contributed by atoms with Gasteiger partial charge in [0.25, 0.3) is 6.47 Å². The SMILES string of the molecule is Nc1c(I)cccc1I.O=CO. The van der Waals surface area contributed by atoms with Gasteiger partial charge in [0.15, 0.2) is 0 Å². The molecule has 0 aliphatic rings. The number of nitrogens with two attached hydrogens (primary N) is 1. The van der Waals surface area contributed by atoms with Gasteiger partial charge in [0, 0.05) is 7.14 Å². The van der Waals surface area contributed by atoms with Gasteiger partial charge in [-0.2, -0.15) is 0 Å². The molecule has 0 bridgehead atoms. The Morgan fingerprint density at radius 3 is 1.92 bits per heavy atom. The fraction of sp³-hybridized carbons (Fsp3) is 0. The standard InChI is InChI=1S/C6H5I2N.CH2O2/c7-4-2-1-3-5(8)6(4)9;2-1-3/h1-3H,9H2;1H,(H,2,3). The first-order chi connectivity index (χ1) is 5.63. The Bertz CT molecular complexity index is 245. The summed E-state index contributed by atoms with van der Waals surface area (Å²) in [4.78, 5) is 8.36. The normalized spacial score (nSPS) is 8.17. The third-order valence-electron chi connectivity index (χ3n) is 1.000. The summed E-state index contributed by atoms with van der Waals surface area (Å²) in [6.45, 7) is -0.250. The highest BCUT2D eigenvalue weighted by Crippen LogP contribution is 2.20. The summed E-state index contributed by atoms with van der Waals surface area (Å²) in [5.41, 5.74) is 6.55. The van der Waals surface area contributed by atoms with Crippen LogP contribution in [0.3, 0.4) is 0 Å². The van der Waals surface area contributed by atoms with Crippen molar-refractivity contribution in [2.75, 3.05) is 5.73 Å². The molecular formula is C7H7I2NO2. The Hall–Kier alpha value is -0.0500. The average Bonchev–Trinajstić information content (AvgIpc) is 2.02. The first-order valence-electron chi connectivity index (χ1n) is 2.90. The molecule has 0 radical (unpaired) electrons. The van der Waals surface area contributed by atoms with Gasteiger partial charge in [-0.1, -0.05) is 6.07 Å². The van der Waals surface area contributed by atoms with E-state index in [4.69, 9.17) is 15.6 Å². The molecule has 1 rings (SSSR count). The van der Waals surface area contributed by atoms with E-state index in [-0.39, 0.29) is 6.47 Å². The maximum atomic E-state index is 8.36. The summed E-state index contributed by atoms with van der Waals surface area (Å²) < 4.78 is 2.25. The van der Waals surface area contributed by atoms with Crippen LogP contribution in [0.4, 0.5) is 5.69 Å². The van der Waals surface area contributed by atoms with Crippen LogP contribution in [0.5, 0.6) is 0 Å². The van der Waals surface area contributed by atoms with Crippen molar-refractivity contribution in [2.24, 2.45) is 0 Å². The second-order valence-electron chi connectivity index (χ2n) is 1.74. The monoisotopic (exact) mass is 391 g/mol. The predicted molar refractivity (Wildman–Crippen MR) is 65.0 cm³/mol. The van der Waals surface area contributed by atoms with E-state index in [0.717, 1.165) is 12.8 Å². The highest BCUT2D eigenvalue weighted by Gasteiger charge is 1.95. The Morgan fingerprint density at radius 1 is 1.33 bits per heavy atom. The van der Waals surface area contributed by atoms with E-state index in [1.807, 2.05) is 18.2 Å². The molecule has 5 heteroatoms. The van der Waals surface area contributed by atoms with Crippen molar-refractivity contribution in [3.63, 3.8) is 0 Å². The molecule has 0 fully saturated rings. The molecule has 0 atom stereocenters. The van der Waals surface area contributed by atoms with Crippen LogP contribution in [0, 0.1) is 7.14 Å². The third kappa shape index (κ3) is 4.10. The van der Waals surface area contributed by atoms with E-state index in [1.54, 1.807) is 0 Å². The molecule has 0 saturated carbocycles. The molecule has 0 unspecified atom stereocenters. The van der Waals surface area contributed by atoms with Crippen LogP contribution in [-0.4, -0.2) is 11.6 Å². The van der Waals surface area contributed by atoms with Gasteiger partial charge in [0.05, 0.1) is 5.69 Å². The summed E-state index contributed by atoms with van der Waals surface area (Å²) in [6.07, 6.45) is 0. The molecule has 0 aliphatic carbocycles. The maximum absolute atomic E-state index is 8.36. The van der Waals surface area contributed by atoms with Gasteiger partial charge in [0.2, 0.25) is 0 Å². The molecular weight excluding hydrogens is 384 g/mol. The van der Waals surface area contributed by atoms with Gasteiger partial charge in [-0.15, -0.1) is 0 Å². The van der Waals surface area contributed by atoms with Crippen LogP contribution in [0.2, 0.25) is 0 Å². The molecule has 1 aromatic rings. The minimum absolute atomic E-state index is 0.250. The zero-order chi connectivity index (χ0) is 9.56. The number of rotatable bonds is 0. The van der Waals surface area contributed by atoms with Crippen LogP contribution in [0.15, 0.2) is 18.2 Å². The minimum Gasteiger partial charge on any atom is -0.483 e. The van der Waals surface area contributed by atoms with Crippen molar-refractivity contribution in [2.45, 2.75) is 0 Å². The topological polar surface area (TPSA) is 63.3 Å². The molecule has 0 aliphatic heterocycles. The van der Waals surface area contributed by atoms with Crippen molar-refractivity contribution in [3.8, 4) is 0 Å². The first kappa shape index (κ1) is 11.9. The molecule has 3 nitrogen and oxygen atoms in total. The zero-order valence-corrected chi connectivity index (χ0v) is 10.3. The summed E-state index contributed by atoms with van der Waals surface area (Å²) >= 11 is 4.44. The summed E-state index contributed by atoms with van der Waals surface area (Å²) in [5, 5.41) is 6.89. The number of para-hydroxylation sites is 1. The van der Waals surface area contributed by atoms with Crippen LogP contribution < -0.4 is 5.73 Å². The molecule has 66 valence electrons. The molecule has 1 aromatic carbocycles. The maximum Gasteiger partial charge on any atom is 0.290 e. The van der Waals surface area contributed by atoms with E-state index in [2.05, 4.69) is 45.2 Å². The lowest BCUT2D eigenvalue weighted by Gasteiger charge is -1.97. The van der Waals surface area contributed by atoms with Crippen LogP contribution in [-0.2, 0) is 4.79 Å². The number of carbonyl (C=O) groups is 1. The molecule has 12 heavy (non-hydrogen) atoms. The van der Waals surface area contributed by atoms with Crippen LogP contribution in [0.25, 0.3) is 0 Å². The van der Waals surface area contributed by atoms with Gasteiger partial charge >= 0.3 is 0 Å². The van der Waals surface area contributed by atoms with E-state index in [1.165, 1.54) is 0 Å². The van der Waals surface area contributed by atoms with E-state index in [0.29, 0.717) is 0 Å². The summed E-state index contributed by atoms with van der Waals surface area (Å²) in [7, 11) is 0. The lowest BCUT2D eigenvalue weighted by atomic mass is 10.3.